The number of ether oxygens (including phenoxy) is 4. The van der Waals surface area contributed by atoms with Gasteiger partial charge in [0.05, 0.1) is 44.5 Å². The van der Waals surface area contributed by atoms with Crippen LogP contribution in [0.4, 0.5) is 11.4 Å². The number of benzene rings is 2. The molecule has 0 aliphatic heterocycles. The maximum atomic E-state index is 12.6. The zero-order valence-corrected chi connectivity index (χ0v) is 16.9. The van der Waals surface area contributed by atoms with E-state index >= 15 is 0 Å². The molecule has 0 aromatic heterocycles. The Bertz CT molecular complexity index is 1050. The highest BCUT2D eigenvalue weighted by Crippen LogP contribution is 2.46. The summed E-state index contributed by atoms with van der Waals surface area (Å²) < 4.78 is 20.2. The molecule has 2 aromatic carbocycles. The SMILES string of the molecule is COc1ccc(/C=N\NC(=O)c2cc(OC)c(OC)c(OC)c2[N+](=O)[O-])cc1[N+](=O)[O-]. The molecule has 0 heterocycles. The standard InChI is InChI=1S/C18H18N4O9/c1-28-13-6-5-10(7-12(13)21(24)25)9-19-20-18(23)11-8-14(29-2)16(30-3)17(31-4)15(11)22(26)27/h5-9H,1-4H3,(H,20,23)/b19-9-. The minimum absolute atomic E-state index is 0.0323. The van der Waals surface area contributed by atoms with Crippen LogP contribution in [0.15, 0.2) is 29.4 Å². The highest BCUT2D eigenvalue weighted by atomic mass is 16.6. The monoisotopic (exact) mass is 434 g/mol. The normalized spacial score (nSPS) is 10.5. The van der Waals surface area contributed by atoms with Crippen LogP contribution in [0.2, 0.25) is 0 Å². The van der Waals surface area contributed by atoms with Crippen LogP contribution >= 0.6 is 0 Å². The van der Waals surface area contributed by atoms with E-state index in [0.29, 0.717) is 0 Å². The van der Waals surface area contributed by atoms with E-state index in [4.69, 9.17) is 18.9 Å². The van der Waals surface area contributed by atoms with E-state index in [1.807, 2.05) is 0 Å². The molecule has 31 heavy (non-hydrogen) atoms. The Morgan fingerprint density at radius 2 is 1.58 bits per heavy atom. The first-order valence-electron chi connectivity index (χ1n) is 8.42. The first-order chi connectivity index (χ1) is 14.8. The molecule has 0 unspecified atom stereocenters. The number of rotatable bonds is 9. The second kappa shape index (κ2) is 9.87. The van der Waals surface area contributed by atoms with Crippen LogP contribution in [0, 0.1) is 20.2 Å². The van der Waals surface area contributed by atoms with E-state index in [0.717, 1.165) is 12.3 Å². The molecule has 0 fully saturated rings. The van der Waals surface area contributed by atoms with E-state index < -0.39 is 27.0 Å². The van der Waals surface area contributed by atoms with Crippen molar-refractivity contribution >= 4 is 23.5 Å². The number of hydrogen-bond donors (Lipinski definition) is 1. The lowest BCUT2D eigenvalue weighted by atomic mass is 10.1. The molecule has 0 spiro atoms. The summed E-state index contributed by atoms with van der Waals surface area (Å²) in [5, 5.41) is 26.4. The maximum absolute atomic E-state index is 12.6. The van der Waals surface area contributed by atoms with Gasteiger partial charge in [-0.25, -0.2) is 5.43 Å². The summed E-state index contributed by atoms with van der Waals surface area (Å²) in [5.74, 6) is -1.21. The number of nitro benzene ring substituents is 2. The maximum Gasteiger partial charge on any atom is 0.327 e. The lowest BCUT2D eigenvalue weighted by Gasteiger charge is -2.14. The fourth-order valence-electron chi connectivity index (χ4n) is 2.65. The van der Waals surface area contributed by atoms with Gasteiger partial charge in [0, 0.05) is 17.7 Å². The zero-order valence-electron chi connectivity index (χ0n) is 16.9. The molecule has 0 saturated carbocycles. The van der Waals surface area contributed by atoms with E-state index in [-0.39, 0.29) is 34.2 Å². The van der Waals surface area contributed by atoms with Gasteiger partial charge >= 0.3 is 11.4 Å². The first kappa shape index (κ1) is 22.9. The van der Waals surface area contributed by atoms with Crippen LogP contribution in [0.3, 0.4) is 0 Å². The van der Waals surface area contributed by atoms with Crippen molar-refractivity contribution in [1.29, 1.82) is 0 Å². The predicted molar refractivity (Wildman–Crippen MR) is 107 cm³/mol. The molecule has 2 aromatic rings. The summed E-state index contributed by atoms with van der Waals surface area (Å²) in [4.78, 5) is 33.8. The summed E-state index contributed by atoms with van der Waals surface area (Å²) in [6, 6.07) is 5.15. The van der Waals surface area contributed by atoms with Crippen LogP contribution in [-0.2, 0) is 0 Å². The van der Waals surface area contributed by atoms with Gasteiger partial charge in [-0.2, -0.15) is 5.10 Å². The molecule has 1 N–H and O–H groups in total. The number of amides is 1. The Kier molecular flexibility index (Phi) is 7.28. The predicted octanol–water partition coefficient (Wildman–Crippen LogP) is 2.30. The lowest BCUT2D eigenvalue weighted by molar-refractivity contribution is -0.386. The fourth-order valence-corrected chi connectivity index (χ4v) is 2.65. The molecule has 13 heteroatoms. The number of carbonyl (C=O) groups is 1. The molecule has 0 atom stereocenters. The van der Waals surface area contributed by atoms with Crippen molar-refractivity contribution in [1.82, 2.24) is 5.43 Å². The largest absolute Gasteiger partial charge is 0.493 e. The number of nitrogens with zero attached hydrogens (tertiary/aromatic N) is 3. The van der Waals surface area contributed by atoms with E-state index in [9.17, 15) is 25.0 Å². The van der Waals surface area contributed by atoms with Crippen LogP contribution in [0.1, 0.15) is 15.9 Å². The van der Waals surface area contributed by atoms with Crippen molar-refractivity contribution in [2.45, 2.75) is 0 Å². The highest BCUT2D eigenvalue weighted by molar-refractivity contribution is 6.01. The van der Waals surface area contributed by atoms with Gasteiger partial charge in [0.2, 0.25) is 11.5 Å². The van der Waals surface area contributed by atoms with Crippen molar-refractivity contribution in [2.75, 3.05) is 28.4 Å². The second-order valence-electron chi connectivity index (χ2n) is 5.69. The summed E-state index contributed by atoms with van der Waals surface area (Å²) in [7, 11) is 5.03. The number of methoxy groups -OCH3 is 4. The summed E-state index contributed by atoms with van der Waals surface area (Å²) >= 11 is 0. The lowest BCUT2D eigenvalue weighted by Crippen LogP contribution is -2.20. The van der Waals surface area contributed by atoms with Gasteiger partial charge in [0.25, 0.3) is 5.91 Å². The molecule has 0 aliphatic rings. The summed E-state index contributed by atoms with van der Waals surface area (Å²) in [6.45, 7) is 0. The minimum atomic E-state index is -0.940. The Morgan fingerprint density at radius 1 is 0.935 bits per heavy atom. The molecule has 0 bridgehead atoms. The number of hydrazone groups is 1. The highest BCUT2D eigenvalue weighted by Gasteiger charge is 2.32. The zero-order chi connectivity index (χ0) is 23.1. The third-order valence-corrected chi connectivity index (χ3v) is 4.01. The fraction of sp³-hybridized carbons (Fsp3) is 0.222. The molecule has 0 radical (unpaired) electrons. The van der Waals surface area contributed by atoms with Crippen molar-refractivity contribution < 1.29 is 33.6 Å². The third kappa shape index (κ3) is 4.77. The smallest absolute Gasteiger partial charge is 0.327 e. The topological polar surface area (TPSA) is 165 Å². The number of nitro groups is 2. The molecule has 0 saturated heterocycles. The van der Waals surface area contributed by atoms with E-state index in [1.165, 1.54) is 46.6 Å². The summed E-state index contributed by atoms with van der Waals surface area (Å²) in [6.07, 6.45) is 1.13. The number of hydrogen-bond acceptors (Lipinski definition) is 10. The number of carbonyl (C=O) groups excluding carboxylic acids is 1. The Hall–Kier alpha value is -4.42. The quantitative estimate of drug-likeness (QED) is 0.354. The molecular weight excluding hydrogens is 416 g/mol. The minimum Gasteiger partial charge on any atom is -0.493 e. The molecule has 1 amide bonds. The third-order valence-electron chi connectivity index (χ3n) is 4.01. The van der Waals surface area contributed by atoms with Crippen molar-refractivity contribution in [3.05, 3.63) is 55.6 Å². The Morgan fingerprint density at radius 3 is 2.10 bits per heavy atom. The Labute approximate surface area is 175 Å². The van der Waals surface area contributed by atoms with E-state index in [2.05, 4.69) is 10.5 Å². The number of nitrogens with one attached hydrogen (secondary N) is 1. The first-order valence-corrected chi connectivity index (χ1v) is 8.42. The molecule has 164 valence electrons. The average molecular weight is 434 g/mol. The van der Waals surface area contributed by atoms with Gasteiger partial charge in [-0.1, -0.05) is 0 Å². The molecular formula is C18H18N4O9. The van der Waals surface area contributed by atoms with Gasteiger partial charge in [0.15, 0.2) is 11.5 Å². The van der Waals surface area contributed by atoms with Crippen LogP contribution in [0.5, 0.6) is 23.0 Å². The molecule has 0 aliphatic carbocycles. The van der Waals surface area contributed by atoms with Crippen LogP contribution in [-0.4, -0.2) is 50.4 Å². The second-order valence-corrected chi connectivity index (χ2v) is 5.69. The van der Waals surface area contributed by atoms with Gasteiger partial charge in [-0.3, -0.25) is 25.0 Å². The van der Waals surface area contributed by atoms with Crippen molar-refractivity contribution in [2.24, 2.45) is 5.10 Å². The van der Waals surface area contributed by atoms with Gasteiger partial charge in [-0.05, 0) is 12.1 Å². The molecule has 13 nitrogen and oxygen atoms in total. The van der Waals surface area contributed by atoms with Crippen molar-refractivity contribution in [3.63, 3.8) is 0 Å². The average Bonchev–Trinajstić information content (AvgIpc) is 2.76. The van der Waals surface area contributed by atoms with E-state index in [1.54, 1.807) is 0 Å². The molecule has 2 rings (SSSR count). The van der Waals surface area contributed by atoms with Crippen LogP contribution < -0.4 is 24.4 Å². The Balaban J connectivity index is 2.39. The summed E-state index contributed by atoms with van der Waals surface area (Å²) in [5.41, 5.74) is 1.09. The van der Waals surface area contributed by atoms with Crippen molar-refractivity contribution in [3.8, 4) is 23.0 Å². The van der Waals surface area contributed by atoms with Gasteiger partial charge < -0.3 is 18.9 Å². The van der Waals surface area contributed by atoms with Crippen LogP contribution in [0.25, 0.3) is 0 Å². The van der Waals surface area contributed by atoms with Gasteiger partial charge in [-0.15, -0.1) is 0 Å². The van der Waals surface area contributed by atoms with Gasteiger partial charge in [0.1, 0.15) is 5.56 Å².